The zero-order valence-electron chi connectivity index (χ0n) is 17.4. The van der Waals surface area contributed by atoms with Crippen LogP contribution in [-0.4, -0.2) is 28.3 Å². The number of halogens is 11. The van der Waals surface area contributed by atoms with Gasteiger partial charge in [0.1, 0.15) is 16.9 Å². The van der Waals surface area contributed by atoms with Gasteiger partial charge in [-0.15, -0.1) is 13.2 Å². The second-order valence-corrected chi connectivity index (χ2v) is 9.11. The normalized spacial score (nSPS) is 14.1. The Morgan fingerprint density at radius 3 is 2.05 bits per heavy atom. The molecule has 3 rings (SSSR count). The van der Waals surface area contributed by atoms with Crippen molar-refractivity contribution in [3.8, 4) is 0 Å². The van der Waals surface area contributed by atoms with E-state index in [0.717, 1.165) is 18.3 Å². The number of amides is 1. The molecule has 200 valence electrons. The number of fused-ring (bicyclic) bond motifs is 1. The Morgan fingerprint density at radius 1 is 0.919 bits per heavy atom. The lowest BCUT2D eigenvalue weighted by molar-refractivity contribution is -0.577. The monoisotopic (exact) mass is 582 g/mol. The molecule has 1 amide bonds. The van der Waals surface area contributed by atoms with Crippen LogP contribution < -0.4 is 10.0 Å². The predicted molar refractivity (Wildman–Crippen MR) is 110 cm³/mol. The molecule has 1 N–H and O–H groups in total. The van der Waals surface area contributed by atoms with Crippen LogP contribution in [-0.2, 0) is 16.8 Å². The summed E-state index contributed by atoms with van der Waals surface area (Å²) in [5.41, 5.74) is -16.2. The van der Waals surface area contributed by atoms with Gasteiger partial charge in [-0.25, -0.2) is 4.39 Å². The number of anilines is 1. The van der Waals surface area contributed by atoms with Crippen molar-refractivity contribution in [2.24, 2.45) is 0 Å². The van der Waals surface area contributed by atoms with E-state index in [1.165, 1.54) is 18.2 Å². The fraction of sp³-hybridized carbons (Fsp3) is 0.200. The molecule has 2 aromatic carbocycles. The Hall–Kier alpha value is -2.98. The number of nitrogens with zero attached hydrogens (tertiary/aromatic N) is 1. The Morgan fingerprint density at radius 2 is 1.51 bits per heavy atom. The van der Waals surface area contributed by atoms with Gasteiger partial charge in [0.2, 0.25) is 5.52 Å². The highest BCUT2D eigenvalue weighted by Crippen LogP contribution is 2.55. The molecule has 0 saturated carbocycles. The number of benzene rings is 2. The number of hydrogen-bond donors (Lipinski definition) is 1. The molecule has 1 aromatic heterocycles. The number of rotatable bonds is 4. The predicted octanol–water partition coefficient (Wildman–Crippen LogP) is 6.30. The zero-order chi connectivity index (χ0) is 28.1. The van der Waals surface area contributed by atoms with Gasteiger partial charge in [0, 0.05) is 34.7 Å². The van der Waals surface area contributed by atoms with Gasteiger partial charge < -0.3 is 15.1 Å². The van der Waals surface area contributed by atoms with Gasteiger partial charge in [0.25, 0.3) is 5.91 Å². The van der Waals surface area contributed by atoms with Gasteiger partial charge >= 0.3 is 23.5 Å². The summed E-state index contributed by atoms with van der Waals surface area (Å²) in [6, 6.07) is 5.26. The zero-order valence-corrected chi connectivity index (χ0v) is 18.9. The smallest absolute Gasteiger partial charge is 0.578 e. The largest absolute Gasteiger partial charge is 0.618 e. The SMILES string of the molecule is O=C(Nc1c(Cl)cc(C(F)(C(F)(F)F)C(F)(F)F)cc1[S+]([O-])C(F)(F)F)c1ccc2ccc[n+]([O-])c2c1. The summed E-state index contributed by atoms with van der Waals surface area (Å²) in [5, 5.41) is 12.5. The van der Waals surface area contributed by atoms with Crippen LogP contribution in [0.2, 0.25) is 5.02 Å². The van der Waals surface area contributed by atoms with Crippen LogP contribution in [0, 0.1) is 5.21 Å². The third-order valence-electron chi connectivity index (χ3n) is 4.91. The highest BCUT2D eigenvalue weighted by atomic mass is 35.5. The van der Waals surface area contributed by atoms with Crippen LogP contribution in [0.4, 0.5) is 49.6 Å². The molecule has 0 aliphatic heterocycles. The fourth-order valence-corrected chi connectivity index (χ4v) is 4.32. The average Bonchev–Trinajstić information content (AvgIpc) is 2.77. The minimum atomic E-state index is -6.71. The van der Waals surface area contributed by atoms with Gasteiger partial charge in [0.15, 0.2) is 11.1 Å². The minimum absolute atomic E-state index is 0.0896. The highest BCUT2D eigenvalue weighted by molar-refractivity contribution is 7.92. The van der Waals surface area contributed by atoms with E-state index in [9.17, 15) is 58.5 Å². The highest BCUT2D eigenvalue weighted by Gasteiger charge is 2.74. The molecule has 1 heterocycles. The minimum Gasteiger partial charge on any atom is -0.618 e. The standard InChI is InChI=1S/C20H9ClF10N2O3S/c21-12-7-11(17(22,18(23,24)25)19(26,27)28)8-14(37(36)20(29,30)31)15(12)32-16(34)10-4-3-9-2-1-5-33(35)13(9)6-10/h1-8H,(H,32,34). The summed E-state index contributed by atoms with van der Waals surface area (Å²) in [6.07, 6.45) is -12.4. The van der Waals surface area contributed by atoms with Gasteiger partial charge in [0.05, 0.1) is 5.02 Å². The molecule has 0 radical (unpaired) electrons. The number of carbonyl (C=O) groups excluding carboxylic acids is 1. The Balaban J connectivity index is 2.19. The van der Waals surface area contributed by atoms with E-state index < -0.39 is 73.4 Å². The molecule has 0 aliphatic carbocycles. The summed E-state index contributed by atoms with van der Waals surface area (Å²) in [5.74, 6) is -1.33. The van der Waals surface area contributed by atoms with Crippen molar-refractivity contribution in [3.63, 3.8) is 0 Å². The molecule has 37 heavy (non-hydrogen) atoms. The first-order valence-electron chi connectivity index (χ1n) is 9.37. The topological polar surface area (TPSA) is 79.1 Å². The third kappa shape index (κ3) is 5.22. The Kier molecular flexibility index (Phi) is 7.26. The number of aromatic nitrogens is 1. The number of alkyl halides is 10. The Labute approximate surface area is 207 Å². The van der Waals surface area contributed by atoms with Crippen molar-refractivity contribution in [1.29, 1.82) is 0 Å². The van der Waals surface area contributed by atoms with Crippen molar-refractivity contribution in [2.75, 3.05) is 5.32 Å². The molecular weight excluding hydrogens is 574 g/mol. The fourth-order valence-electron chi connectivity index (χ4n) is 3.17. The number of pyridine rings is 1. The van der Waals surface area contributed by atoms with Gasteiger partial charge in [-0.05, 0) is 24.3 Å². The van der Waals surface area contributed by atoms with Crippen LogP contribution >= 0.6 is 11.6 Å². The van der Waals surface area contributed by atoms with E-state index in [-0.39, 0.29) is 11.6 Å². The molecule has 0 aliphatic rings. The van der Waals surface area contributed by atoms with Crippen molar-refractivity contribution < 1.29 is 58.0 Å². The molecule has 0 bridgehead atoms. The summed E-state index contributed by atoms with van der Waals surface area (Å²) in [6.45, 7) is 0. The van der Waals surface area contributed by atoms with E-state index in [1.807, 2.05) is 0 Å². The van der Waals surface area contributed by atoms with Gasteiger partial charge in [-0.1, -0.05) is 11.6 Å². The van der Waals surface area contributed by atoms with Crippen molar-refractivity contribution in [2.45, 2.75) is 28.4 Å². The van der Waals surface area contributed by atoms with Crippen molar-refractivity contribution in [3.05, 3.63) is 70.0 Å². The average molecular weight is 583 g/mol. The van der Waals surface area contributed by atoms with E-state index in [2.05, 4.69) is 0 Å². The summed E-state index contributed by atoms with van der Waals surface area (Å²) < 4.78 is 145. The van der Waals surface area contributed by atoms with Crippen LogP contribution in [0.3, 0.4) is 0 Å². The van der Waals surface area contributed by atoms with Crippen LogP contribution in [0.25, 0.3) is 10.9 Å². The van der Waals surface area contributed by atoms with Gasteiger partial charge in [-0.2, -0.15) is 31.1 Å². The first-order chi connectivity index (χ1) is 16.8. The molecule has 0 fully saturated rings. The lowest BCUT2D eigenvalue weighted by atomic mass is 9.94. The molecule has 17 heteroatoms. The van der Waals surface area contributed by atoms with Crippen LogP contribution in [0.15, 0.2) is 53.6 Å². The number of hydrogen-bond acceptors (Lipinski definition) is 3. The second-order valence-electron chi connectivity index (χ2n) is 7.26. The lowest BCUT2D eigenvalue weighted by Gasteiger charge is -2.31. The second kappa shape index (κ2) is 9.40. The molecule has 1 atom stereocenters. The molecule has 5 nitrogen and oxygen atoms in total. The first kappa shape index (κ1) is 28.6. The van der Waals surface area contributed by atoms with Crippen molar-refractivity contribution >= 4 is 45.3 Å². The van der Waals surface area contributed by atoms with E-state index in [4.69, 9.17) is 11.6 Å². The molecular formula is C20H9ClF10N2O3S. The lowest BCUT2D eigenvalue weighted by Crippen LogP contribution is -2.50. The maximum Gasteiger partial charge on any atom is 0.578 e. The molecule has 1 unspecified atom stereocenters. The first-order valence-corrected chi connectivity index (χ1v) is 10.9. The van der Waals surface area contributed by atoms with E-state index in [0.29, 0.717) is 10.1 Å². The summed E-state index contributed by atoms with van der Waals surface area (Å²) >= 11 is 1.24. The van der Waals surface area contributed by atoms with Crippen LogP contribution in [0.5, 0.6) is 0 Å². The molecule has 0 spiro atoms. The van der Waals surface area contributed by atoms with Crippen molar-refractivity contribution in [1.82, 2.24) is 0 Å². The number of carbonyl (C=O) groups is 1. The maximum atomic E-state index is 14.5. The molecule has 3 aromatic rings. The molecule has 0 saturated heterocycles. The van der Waals surface area contributed by atoms with E-state index in [1.54, 1.807) is 5.32 Å². The van der Waals surface area contributed by atoms with Gasteiger partial charge in [-0.3, -0.25) is 4.79 Å². The summed E-state index contributed by atoms with van der Waals surface area (Å²) in [4.78, 5) is 10.8. The maximum absolute atomic E-state index is 14.5. The number of nitrogens with one attached hydrogen (secondary N) is 1. The van der Waals surface area contributed by atoms with E-state index >= 15 is 0 Å². The summed E-state index contributed by atoms with van der Waals surface area (Å²) in [7, 11) is 0. The third-order valence-corrected chi connectivity index (χ3v) is 6.35. The Bertz CT molecular complexity index is 1350. The van der Waals surface area contributed by atoms with Crippen LogP contribution in [0.1, 0.15) is 15.9 Å². The quantitative estimate of drug-likeness (QED) is 0.170.